The monoisotopic (exact) mass is 187 g/mol. The second-order valence-corrected chi connectivity index (χ2v) is 3.10. The van der Waals surface area contributed by atoms with E-state index in [4.69, 9.17) is 17.3 Å². The van der Waals surface area contributed by atoms with Gasteiger partial charge >= 0.3 is 0 Å². The van der Waals surface area contributed by atoms with E-state index in [1.54, 1.807) is 0 Å². The summed E-state index contributed by atoms with van der Waals surface area (Å²) in [6.07, 6.45) is 1.67. The molecule has 1 rings (SSSR count). The minimum atomic E-state index is 0.613. The van der Waals surface area contributed by atoms with Gasteiger partial charge in [-0.1, -0.05) is 18.5 Å². The molecule has 0 radical (unpaired) electrons. The molecule has 1 aromatic rings. The van der Waals surface area contributed by atoms with Crippen LogP contribution in [0.3, 0.4) is 0 Å². The number of nitrogens with two attached hydrogens (primary N) is 1. The van der Waals surface area contributed by atoms with E-state index < -0.39 is 0 Å². The first-order valence-electron chi connectivity index (χ1n) is 4.11. The average Bonchev–Trinajstić information content (AvgIpc) is 2.32. The predicted molar refractivity (Wildman–Crippen MR) is 50.4 cm³/mol. The third-order valence-corrected chi connectivity index (χ3v) is 2.32. The molecule has 68 valence electrons. The van der Waals surface area contributed by atoms with Gasteiger partial charge < -0.3 is 5.73 Å². The lowest BCUT2D eigenvalue weighted by Crippen LogP contribution is -2.07. The smallest absolute Gasteiger partial charge is 0.0850 e. The van der Waals surface area contributed by atoms with E-state index in [9.17, 15) is 0 Å². The lowest BCUT2D eigenvalue weighted by molar-refractivity contribution is 0.695. The highest BCUT2D eigenvalue weighted by Gasteiger charge is 2.11. The second kappa shape index (κ2) is 3.92. The molecule has 12 heavy (non-hydrogen) atoms. The molecule has 0 atom stereocenters. The van der Waals surface area contributed by atoms with Gasteiger partial charge in [-0.25, -0.2) is 0 Å². The summed E-state index contributed by atoms with van der Waals surface area (Å²) >= 11 is 6.07. The number of aryl methyl sites for hydroxylation is 2. The van der Waals surface area contributed by atoms with E-state index in [2.05, 4.69) is 5.10 Å². The van der Waals surface area contributed by atoms with Crippen LogP contribution in [-0.4, -0.2) is 16.3 Å². The first kappa shape index (κ1) is 9.55. The topological polar surface area (TPSA) is 43.8 Å². The van der Waals surface area contributed by atoms with Crippen LogP contribution in [0, 0.1) is 0 Å². The lowest BCUT2D eigenvalue weighted by atomic mass is 10.2. The van der Waals surface area contributed by atoms with Crippen molar-refractivity contribution in [3.8, 4) is 0 Å². The summed E-state index contributed by atoms with van der Waals surface area (Å²) in [5.74, 6) is 0. The molecule has 0 unspecified atom stereocenters. The summed E-state index contributed by atoms with van der Waals surface area (Å²) in [6, 6.07) is 0. The summed E-state index contributed by atoms with van der Waals surface area (Å²) in [7, 11) is 1.90. The Morgan fingerprint density at radius 3 is 2.67 bits per heavy atom. The molecule has 0 aliphatic heterocycles. The standard InChI is InChI=1S/C8H14ClN3/c1-3-6-8(9)7(4-5-10)12(2)11-6/h3-5,10H2,1-2H3. The van der Waals surface area contributed by atoms with E-state index in [1.165, 1.54) is 0 Å². The van der Waals surface area contributed by atoms with Gasteiger partial charge in [0.25, 0.3) is 0 Å². The molecule has 3 nitrogen and oxygen atoms in total. The molecule has 0 aliphatic rings. The van der Waals surface area contributed by atoms with Gasteiger partial charge in [0.15, 0.2) is 0 Å². The molecule has 4 heteroatoms. The molecule has 1 heterocycles. The molecule has 0 aliphatic carbocycles. The van der Waals surface area contributed by atoms with E-state index in [1.807, 2.05) is 18.7 Å². The van der Waals surface area contributed by atoms with Gasteiger partial charge in [0.05, 0.1) is 16.4 Å². The Bertz CT molecular complexity index is 268. The van der Waals surface area contributed by atoms with Crippen molar-refractivity contribution in [2.45, 2.75) is 19.8 Å². The van der Waals surface area contributed by atoms with Crippen molar-refractivity contribution in [1.82, 2.24) is 9.78 Å². The quantitative estimate of drug-likeness (QED) is 0.771. The van der Waals surface area contributed by atoms with Gasteiger partial charge in [-0.15, -0.1) is 0 Å². The van der Waals surface area contributed by atoms with Crippen LogP contribution in [0.1, 0.15) is 18.3 Å². The van der Waals surface area contributed by atoms with Gasteiger partial charge in [-0.3, -0.25) is 4.68 Å². The Balaban J connectivity index is 3.01. The molecule has 1 aromatic heterocycles. The van der Waals surface area contributed by atoms with Crippen LogP contribution >= 0.6 is 11.6 Å². The maximum Gasteiger partial charge on any atom is 0.0850 e. The van der Waals surface area contributed by atoms with Crippen molar-refractivity contribution >= 4 is 11.6 Å². The first-order chi connectivity index (χ1) is 5.70. The van der Waals surface area contributed by atoms with E-state index in [0.29, 0.717) is 6.54 Å². The van der Waals surface area contributed by atoms with E-state index in [0.717, 1.165) is 29.3 Å². The molecular weight excluding hydrogens is 174 g/mol. The van der Waals surface area contributed by atoms with Gasteiger partial charge in [0.2, 0.25) is 0 Å². The second-order valence-electron chi connectivity index (χ2n) is 2.72. The summed E-state index contributed by atoms with van der Waals surface area (Å²) in [6.45, 7) is 2.66. The summed E-state index contributed by atoms with van der Waals surface area (Å²) < 4.78 is 1.81. The third-order valence-electron chi connectivity index (χ3n) is 1.88. The highest BCUT2D eigenvalue weighted by atomic mass is 35.5. The summed E-state index contributed by atoms with van der Waals surface area (Å²) in [5, 5.41) is 5.06. The van der Waals surface area contributed by atoms with Gasteiger partial charge in [-0.05, 0) is 13.0 Å². The van der Waals surface area contributed by atoms with Crippen molar-refractivity contribution < 1.29 is 0 Å². The maximum absolute atomic E-state index is 6.07. The van der Waals surface area contributed by atoms with Crippen LogP contribution in [0.4, 0.5) is 0 Å². The Morgan fingerprint density at radius 2 is 2.25 bits per heavy atom. The Kier molecular flexibility index (Phi) is 3.12. The third kappa shape index (κ3) is 1.62. The number of halogens is 1. The van der Waals surface area contributed by atoms with Crippen molar-refractivity contribution in [3.63, 3.8) is 0 Å². The highest BCUT2D eigenvalue weighted by Crippen LogP contribution is 2.20. The Hall–Kier alpha value is -0.540. The zero-order chi connectivity index (χ0) is 9.14. The van der Waals surface area contributed by atoms with Crippen molar-refractivity contribution in [1.29, 1.82) is 0 Å². The Labute approximate surface area is 77.5 Å². The van der Waals surface area contributed by atoms with Gasteiger partial charge in [-0.2, -0.15) is 5.10 Å². The lowest BCUT2D eigenvalue weighted by Gasteiger charge is -1.98. The van der Waals surface area contributed by atoms with E-state index in [-0.39, 0.29) is 0 Å². The number of rotatable bonds is 3. The highest BCUT2D eigenvalue weighted by molar-refractivity contribution is 6.31. The number of nitrogens with zero attached hydrogens (tertiary/aromatic N) is 2. The normalized spacial score (nSPS) is 10.7. The zero-order valence-corrected chi connectivity index (χ0v) is 8.23. The molecule has 0 spiro atoms. The number of aromatic nitrogens is 2. The van der Waals surface area contributed by atoms with Crippen LogP contribution in [0.5, 0.6) is 0 Å². The van der Waals surface area contributed by atoms with E-state index >= 15 is 0 Å². The molecular formula is C8H14ClN3. The summed E-state index contributed by atoms with van der Waals surface area (Å²) in [5.41, 5.74) is 7.45. The minimum absolute atomic E-state index is 0.613. The molecule has 0 aromatic carbocycles. The molecule has 0 bridgehead atoms. The van der Waals surface area contributed by atoms with Crippen LogP contribution in [0.15, 0.2) is 0 Å². The van der Waals surface area contributed by atoms with Crippen molar-refractivity contribution in [2.75, 3.05) is 6.54 Å². The maximum atomic E-state index is 6.07. The van der Waals surface area contributed by atoms with Crippen LogP contribution in [0.2, 0.25) is 5.02 Å². The first-order valence-corrected chi connectivity index (χ1v) is 4.48. The fraction of sp³-hybridized carbons (Fsp3) is 0.625. The SMILES string of the molecule is CCc1nn(C)c(CCN)c1Cl. The average molecular weight is 188 g/mol. The van der Waals surface area contributed by atoms with Crippen LogP contribution in [-0.2, 0) is 19.9 Å². The number of hydrogen-bond donors (Lipinski definition) is 1. The molecule has 2 N–H and O–H groups in total. The predicted octanol–water partition coefficient (Wildman–Crippen LogP) is 1.14. The van der Waals surface area contributed by atoms with Crippen molar-refractivity contribution in [3.05, 3.63) is 16.4 Å². The molecule has 0 saturated heterocycles. The molecule has 0 amide bonds. The minimum Gasteiger partial charge on any atom is -0.330 e. The molecule has 0 fully saturated rings. The Morgan fingerprint density at radius 1 is 1.58 bits per heavy atom. The summed E-state index contributed by atoms with van der Waals surface area (Å²) in [4.78, 5) is 0. The number of hydrogen-bond acceptors (Lipinski definition) is 2. The fourth-order valence-electron chi connectivity index (χ4n) is 1.23. The van der Waals surface area contributed by atoms with Crippen LogP contribution < -0.4 is 5.73 Å². The van der Waals surface area contributed by atoms with Crippen molar-refractivity contribution in [2.24, 2.45) is 12.8 Å². The van der Waals surface area contributed by atoms with Gasteiger partial charge in [0, 0.05) is 13.5 Å². The largest absolute Gasteiger partial charge is 0.330 e. The van der Waals surface area contributed by atoms with Gasteiger partial charge in [0.1, 0.15) is 0 Å². The van der Waals surface area contributed by atoms with Crippen LogP contribution in [0.25, 0.3) is 0 Å². The molecule has 0 saturated carbocycles. The zero-order valence-electron chi connectivity index (χ0n) is 7.47. The fourth-order valence-corrected chi connectivity index (χ4v) is 1.62.